The number of amides is 2. The molecule has 2 heterocycles. The molecule has 182 valence electrons. The Morgan fingerprint density at radius 3 is 2.35 bits per heavy atom. The minimum atomic E-state index is -4.67. The van der Waals surface area contributed by atoms with Crippen LogP contribution in [0, 0.1) is 5.92 Å². The van der Waals surface area contributed by atoms with Crippen LogP contribution in [0.15, 0.2) is 42.5 Å². The number of hydrogen-bond acceptors (Lipinski definition) is 4. The third-order valence-corrected chi connectivity index (χ3v) is 7.06. The summed E-state index contributed by atoms with van der Waals surface area (Å²) in [5, 5.41) is -0.469. The number of piperidine rings is 1. The number of nitrogens with zero attached hydrogens (tertiary/aromatic N) is 2. The standard InChI is InChI=1S/C25H26ClF3N2O3/c1-34-19-7-4-16(5-8-19)2-3-17-10-12-30(13-11-17)22-15-23(32)31(24(22)33)18-6-9-21(26)20(14-18)25(27,28)29/h4-9,14,17,22H,2-3,10-13,15H2,1H3/t22-/m0/s1. The van der Waals surface area contributed by atoms with Gasteiger partial charge in [-0.25, -0.2) is 4.90 Å². The number of aryl methyl sites for hydroxylation is 1. The molecule has 5 nitrogen and oxygen atoms in total. The van der Waals surface area contributed by atoms with E-state index in [-0.39, 0.29) is 12.1 Å². The highest BCUT2D eigenvalue weighted by atomic mass is 35.5. The smallest absolute Gasteiger partial charge is 0.417 e. The van der Waals surface area contributed by atoms with Crippen LogP contribution in [0.4, 0.5) is 18.9 Å². The molecule has 2 aromatic carbocycles. The highest BCUT2D eigenvalue weighted by molar-refractivity contribution is 6.31. The number of benzene rings is 2. The number of halogens is 4. The first-order valence-corrected chi connectivity index (χ1v) is 11.7. The first-order valence-electron chi connectivity index (χ1n) is 11.3. The fourth-order valence-electron chi connectivity index (χ4n) is 4.76. The Hall–Kier alpha value is -2.58. The Morgan fingerprint density at radius 1 is 1.06 bits per heavy atom. The number of carbonyl (C=O) groups is 2. The Balaban J connectivity index is 1.35. The van der Waals surface area contributed by atoms with E-state index in [2.05, 4.69) is 12.1 Å². The summed E-state index contributed by atoms with van der Waals surface area (Å²) in [6.45, 7) is 1.36. The molecule has 9 heteroatoms. The number of rotatable bonds is 6. The van der Waals surface area contributed by atoms with Crippen LogP contribution in [0.5, 0.6) is 5.75 Å². The second-order valence-corrected chi connectivity index (χ2v) is 9.22. The SMILES string of the molecule is COc1ccc(CCC2CCN([C@H]3CC(=O)N(c4ccc(Cl)c(C(F)(F)F)c4)C3=O)CC2)cc1. The number of imide groups is 1. The van der Waals surface area contributed by atoms with Crippen molar-refractivity contribution in [1.29, 1.82) is 0 Å². The fraction of sp³-hybridized carbons (Fsp3) is 0.440. The Bertz CT molecular complexity index is 1050. The van der Waals surface area contributed by atoms with Crippen molar-refractivity contribution in [2.24, 2.45) is 5.92 Å². The van der Waals surface area contributed by atoms with Crippen molar-refractivity contribution < 1.29 is 27.5 Å². The molecular formula is C25H26ClF3N2O3. The molecule has 2 aliphatic rings. The fourth-order valence-corrected chi connectivity index (χ4v) is 4.98. The Labute approximate surface area is 201 Å². The summed E-state index contributed by atoms with van der Waals surface area (Å²) in [5.41, 5.74) is 0.0913. The van der Waals surface area contributed by atoms with Crippen LogP contribution >= 0.6 is 11.6 Å². The number of carbonyl (C=O) groups excluding carboxylic acids is 2. The number of methoxy groups -OCH3 is 1. The molecule has 0 saturated carbocycles. The molecule has 0 unspecified atom stereocenters. The van der Waals surface area contributed by atoms with Crippen molar-refractivity contribution in [3.05, 3.63) is 58.6 Å². The molecule has 34 heavy (non-hydrogen) atoms. The van der Waals surface area contributed by atoms with Crippen molar-refractivity contribution in [1.82, 2.24) is 4.90 Å². The maximum atomic E-state index is 13.2. The number of anilines is 1. The summed E-state index contributed by atoms with van der Waals surface area (Å²) >= 11 is 5.68. The summed E-state index contributed by atoms with van der Waals surface area (Å²) in [6, 6.07) is 10.5. The zero-order chi connectivity index (χ0) is 24.5. The van der Waals surface area contributed by atoms with E-state index >= 15 is 0 Å². The lowest BCUT2D eigenvalue weighted by atomic mass is 9.90. The van der Waals surface area contributed by atoms with Crippen LogP contribution in [0.3, 0.4) is 0 Å². The molecule has 2 aromatic rings. The molecule has 2 aliphatic heterocycles. The number of likely N-dealkylation sites (tertiary alicyclic amines) is 1. The van der Waals surface area contributed by atoms with Gasteiger partial charge in [0.15, 0.2) is 0 Å². The molecular weight excluding hydrogens is 469 g/mol. The predicted octanol–water partition coefficient (Wildman–Crippen LogP) is 5.34. The molecule has 0 spiro atoms. The first kappa shape index (κ1) is 24.5. The van der Waals surface area contributed by atoms with Gasteiger partial charge in [0.25, 0.3) is 5.91 Å². The van der Waals surface area contributed by atoms with Gasteiger partial charge in [0.05, 0.1) is 35.8 Å². The van der Waals surface area contributed by atoms with Gasteiger partial charge < -0.3 is 4.74 Å². The Kier molecular flexibility index (Phi) is 7.19. The molecule has 0 N–H and O–H groups in total. The molecule has 2 saturated heterocycles. The van der Waals surface area contributed by atoms with Crippen molar-refractivity contribution >= 4 is 29.1 Å². The molecule has 2 amide bonds. The largest absolute Gasteiger partial charge is 0.497 e. The van der Waals surface area contributed by atoms with Gasteiger partial charge >= 0.3 is 6.18 Å². The topological polar surface area (TPSA) is 49.9 Å². The van der Waals surface area contributed by atoms with Crippen LogP contribution < -0.4 is 9.64 Å². The maximum absolute atomic E-state index is 13.2. The van der Waals surface area contributed by atoms with Crippen molar-refractivity contribution in [3.63, 3.8) is 0 Å². The van der Waals surface area contributed by atoms with Gasteiger partial charge in [-0.15, -0.1) is 0 Å². The quantitative estimate of drug-likeness (QED) is 0.508. The normalized spacial score (nSPS) is 20.3. The van der Waals surface area contributed by atoms with Crippen LogP contribution in [0.1, 0.15) is 36.8 Å². The first-order chi connectivity index (χ1) is 16.2. The highest BCUT2D eigenvalue weighted by Gasteiger charge is 2.44. The summed E-state index contributed by atoms with van der Waals surface area (Å²) in [7, 11) is 1.64. The lowest BCUT2D eigenvalue weighted by molar-refractivity contribution is -0.137. The van der Waals surface area contributed by atoms with Crippen LogP contribution in [-0.4, -0.2) is 43.0 Å². The highest BCUT2D eigenvalue weighted by Crippen LogP contribution is 2.38. The van der Waals surface area contributed by atoms with E-state index in [0.717, 1.165) is 48.5 Å². The van der Waals surface area contributed by atoms with Crippen molar-refractivity contribution in [3.8, 4) is 5.75 Å². The lowest BCUT2D eigenvalue weighted by Crippen LogP contribution is -2.46. The van der Waals surface area contributed by atoms with E-state index in [4.69, 9.17) is 16.3 Å². The van der Waals surface area contributed by atoms with Crippen LogP contribution in [0.25, 0.3) is 0 Å². The average molecular weight is 495 g/mol. The van der Waals surface area contributed by atoms with E-state index < -0.39 is 34.6 Å². The van der Waals surface area contributed by atoms with Crippen LogP contribution in [-0.2, 0) is 22.2 Å². The zero-order valence-electron chi connectivity index (χ0n) is 18.8. The summed E-state index contributed by atoms with van der Waals surface area (Å²) in [6.07, 6.45) is -0.887. The minimum Gasteiger partial charge on any atom is -0.497 e. The van der Waals surface area contributed by atoms with Crippen LogP contribution in [0.2, 0.25) is 5.02 Å². The predicted molar refractivity (Wildman–Crippen MR) is 123 cm³/mol. The van der Waals surface area contributed by atoms with Gasteiger partial charge in [-0.05, 0) is 80.6 Å². The van der Waals surface area contributed by atoms with Gasteiger partial charge in [0.1, 0.15) is 5.75 Å². The van der Waals surface area contributed by atoms with Crippen molar-refractivity contribution in [2.45, 2.75) is 44.3 Å². The third kappa shape index (κ3) is 5.23. The average Bonchev–Trinajstić information content (AvgIpc) is 3.12. The summed E-state index contributed by atoms with van der Waals surface area (Å²) < 4.78 is 44.9. The molecule has 0 bridgehead atoms. The number of ether oxygens (including phenoxy) is 1. The molecule has 4 rings (SSSR count). The summed E-state index contributed by atoms with van der Waals surface area (Å²) in [4.78, 5) is 28.5. The molecule has 1 atom stereocenters. The van der Waals surface area contributed by atoms with E-state index in [0.29, 0.717) is 19.0 Å². The van der Waals surface area contributed by atoms with Gasteiger partial charge in [-0.3, -0.25) is 14.5 Å². The lowest BCUT2D eigenvalue weighted by Gasteiger charge is -2.34. The van der Waals surface area contributed by atoms with E-state index in [1.165, 1.54) is 11.6 Å². The second kappa shape index (κ2) is 9.96. The minimum absolute atomic E-state index is 0.0284. The van der Waals surface area contributed by atoms with Gasteiger partial charge in [-0.2, -0.15) is 13.2 Å². The van der Waals surface area contributed by atoms with Gasteiger partial charge in [0.2, 0.25) is 5.91 Å². The summed E-state index contributed by atoms with van der Waals surface area (Å²) in [5.74, 6) is 0.381. The zero-order valence-corrected chi connectivity index (χ0v) is 19.5. The van der Waals surface area contributed by atoms with E-state index in [1.807, 2.05) is 17.0 Å². The maximum Gasteiger partial charge on any atom is 0.417 e. The molecule has 0 aromatic heterocycles. The molecule has 2 fully saturated rings. The number of hydrogen-bond donors (Lipinski definition) is 0. The number of alkyl halides is 3. The second-order valence-electron chi connectivity index (χ2n) is 8.82. The van der Waals surface area contributed by atoms with E-state index in [1.54, 1.807) is 7.11 Å². The molecule has 0 aliphatic carbocycles. The Morgan fingerprint density at radius 2 is 1.74 bits per heavy atom. The van der Waals surface area contributed by atoms with Crippen molar-refractivity contribution in [2.75, 3.05) is 25.1 Å². The molecule has 0 radical (unpaired) electrons. The monoisotopic (exact) mass is 494 g/mol. The van der Waals surface area contributed by atoms with Gasteiger partial charge in [-0.1, -0.05) is 23.7 Å². The third-order valence-electron chi connectivity index (χ3n) is 6.73. The van der Waals surface area contributed by atoms with Gasteiger partial charge in [0, 0.05) is 0 Å². The van der Waals surface area contributed by atoms with E-state index in [9.17, 15) is 22.8 Å².